The Kier molecular flexibility index (Phi) is 2.85. The number of carbonyl (C=O) groups is 1. The molecule has 1 amide bonds. The first-order valence-electron chi connectivity index (χ1n) is 6.28. The number of nitrogens with zero attached hydrogens (tertiary/aromatic N) is 2. The van der Waals surface area contributed by atoms with Crippen LogP contribution in [0.4, 0.5) is 5.82 Å². The van der Waals surface area contributed by atoms with Crippen LogP contribution in [0.1, 0.15) is 23.5 Å². The third kappa shape index (κ3) is 1.89. The largest absolute Gasteiger partial charge is 0.504 e. The Hall–Kier alpha value is -2.50. The molecule has 0 unspecified atom stereocenters. The Labute approximate surface area is 116 Å². The number of aryl methyl sites for hydroxylation is 1. The lowest BCUT2D eigenvalue weighted by Crippen LogP contribution is -2.24. The molecule has 0 fully saturated rings. The van der Waals surface area contributed by atoms with Gasteiger partial charge in [0.25, 0.3) is 0 Å². The van der Waals surface area contributed by atoms with Crippen molar-refractivity contribution in [2.75, 3.05) is 12.4 Å². The van der Waals surface area contributed by atoms with E-state index >= 15 is 0 Å². The predicted molar refractivity (Wildman–Crippen MR) is 73.0 cm³/mol. The van der Waals surface area contributed by atoms with E-state index in [0.29, 0.717) is 12.2 Å². The van der Waals surface area contributed by atoms with Crippen molar-refractivity contribution in [3.63, 3.8) is 0 Å². The van der Waals surface area contributed by atoms with E-state index in [4.69, 9.17) is 4.74 Å². The Balaban J connectivity index is 2.08. The highest BCUT2D eigenvalue weighted by atomic mass is 16.5. The van der Waals surface area contributed by atoms with Crippen LogP contribution in [0.2, 0.25) is 0 Å². The van der Waals surface area contributed by atoms with E-state index < -0.39 is 0 Å². The smallest absolute Gasteiger partial charge is 0.226 e. The molecule has 0 saturated carbocycles. The van der Waals surface area contributed by atoms with Gasteiger partial charge in [0.05, 0.1) is 13.3 Å². The number of nitrogens with one attached hydrogen (secondary N) is 1. The molecule has 6 nitrogen and oxygen atoms in total. The second-order valence-electron chi connectivity index (χ2n) is 4.81. The zero-order valence-corrected chi connectivity index (χ0v) is 11.3. The molecule has 0 saturated heterocycles. The Morgan fingerprint density at radius 2 is 2.30 bits per heavy atom. The molecular formula is C14H15N3O3. The molecule has 2 aromatic rings. The van der Waals surface area contributed by atoms with E-state index in [1.165, 1.54) is 7.11 Å². The first kappa shape index (κ1) is 12.5. The summed E-state index contributed by atoms with van der Waals surface area (Å²) in [5.41, 5.74) is 1.89. The molecule has 1 aliphatic rings. The van der Waals surface area contributed by atoms with Crippen molar-refractivity contribution in [1.82, 2.24) is 9.78 Å². The fourth-order valence-electron chi connectivity index (χ4n) is 2.55. The number of hydrogen-bond donors (Lipinski definition) is 2. The van der Waals surface area contributed by atoms with Crippen LogP contribution in [-0.4, -0.2) is 27.9 Å². The third-order valence-corrected chi connectivity index (χ3v) is 3.60. The zero-order chi connectivity index (χ0) is 14.3. The quantitative estimate of drug-likeness (QED) is 0.871. The molecule has 1 atom stereocenters. The van der Waals surface area contributed by atoms with Crippen LogP contribution >= 0.6 is 0 Å². The van der Waals surface area contributed by atoms with Crippen molar-refractivity contribution in [3.8, 4) is 11.5 Å². The summed E-state index contributed by atoms with van der Waals surface area (Å²) in [6.45, 7) is 0. The summed E-state index contributed by atoms with van der Waals surface area (Å²) >= 11 is 0. The molecule has 104 valence electrons. The van der Waals surface area contributed by atoms with Gasteiger partial charge in [-0.1, -0.05) is 6.07 Å². The van der Waals surface area contributed by atoms with Crippen molar-refractivity contribution in [3.05, 3.63) is 35.5 Å². The summed E-state index contributed by atoms with van der Waals surface area (Å²) in [4.78, 5) is 11.8. The standard InChI is InChI=1S/C14H15N3O3/c1-17-14-10(7-15-17)9(6-13(19)16-14)8-3-4-11(18)12(5-8)20-2/h3-5,7,9,18H,6H2,1-2H3,(H,16,19)/t9-/m1/s1. The number of rotatable bonds is 2. The maximum absolute atomic E-state index is 11.8. The van der Waals surface area contributed by atoms with Crippen LogP contribution in [-0.2, 0) is 11.8 Å². The number of carbonyl (C=O) groups excluding carboxylic acids is 1. The van der Waals surface area contributed by atoms with Crippen LogP contribution in [0.5, 0.6) is 11.5 Å². The molecular weight excluding hydrogens is 258 g/mol. The summed E-state index contributed by atoms with van der Waals surface area (Å²) < 4.78 is 6.77. The van der Waals surface area contributed by atoms with Gasteiger partial charge < -0.3 is 15.2 Å². The van der Waals surface area contributed by atoms with Crippen molar-refractivity contribution in [2.45, 2.75) is 12.3 Å². The average Bonchev–Trinajstić information content (AvgIpc) is 2.80. The van der Waals surface area contributed by atoms with E-state index in [9.17, 15) is 9.90 Å². The summed E-state index contributed by atoms with van der Waals surface area (Å²) in [6, 6.07) is 5.14. The van der Waals surface area contributed by atoms with Gasteiger partial charge >= 0.3 is 0 Å². The predicted octanol–water partition coefficient (Wildman–Crippen LogP) is 1.61. The van der Waals surface area contributed by atoms with Crippen LogP contribution in [0, 0.1) is 0 Å². The lowest BCUT2D eigenvalue weighted by molar-refractivity contribution is -0.116. The molecule has 3 rings (SSSR count). The minimum atomic E-state index is -0.0815. The summed E-state index contributed by atoms with van der Waals surface area (Å²) in [5, 5.41) is 16.7. The number of aromatic hydroxyl groups is 1. The SMILES string of the molecule is COc1cc([C@H]2CC(=O)Nc3c2cnn3C)ccc1O. The molecule has 0 radical (unpaired) electrons. The maximum atomic E-state index is 11.8. The first-order chi connectivity index (χ1) is 9.60. The number of phenols is 1. The van der Waals surface area contributed by atoms with Crippen LogP contribution < -0.4 is 10.1 Å². The zero-order valence-electron chi connectivity index (χ0n) is 11.3. The van der Waals surface area contributed by atoms with E-state index in [1.54, 1.807) is 36.1 Å². The highest BCUT2D eigenvalue weighted by molar-refractivity contribution is 5.94. The number of benzene rings is 1. The minimum absolute atomic E-state index is 0.0434. The van der Waals surface area contributed by atoms with Crippen LogP contribution in [0.3, 0.4) is 0 Å². The molecule has 2 N–H and O–H groups in total. The number of aromatic nitrogens is 2. The fraction of sp³-hybridized carbons (Fsp3) is 0.286. The summed E-state index contributed by atoms with van der Waals surface area (Å²) in [7, 11) is 3.29. The van der Waals surface area contributed by atoms with E-state index in [1.807, 2.05) is 0 Å². The van der Waals surface area contributed by atoms with Gasteiger partial charge in [-0.15, -0.1) is 0 Å². The number of ether oxygens (including phenoxy) is 1. The van der Waals surface area contributed by atoms with Crippen LogP contribution in [0.15, 0.2) is 24.4 Å². The summed E-state index contributed by atoms with van der Waals surface area (Å²) in [6.07, 6.45) is 2.12. The van der Waals surface area contributed by atoms with Gasteiger partial charge in [0.1, 0.15) is 5.82 Å². The molecule has 2 heterocycles. The lowest BCUT2D eigenvalue weighted by Gasteiger charge is -2.23. The highest BCUT2D eigenvalue weighted by Gasteiger charge is 2.29. The van der Waals surface area contributed by atoms with Gasteiger partial charge in [-0.05, 0) is 17.7 Å². The van der Waals surface area contributed by atoms with Crippen molar-refractivity contribution in [1.29, 1.82) is 0 Å². The van der Waals surface area contributed by atoms with Gasteiger partial charge in [-0.25, -0.2) is 0 Å². The topological polar surface area (TPSA) is 76.4 Å². The van der Waals surface area contributed by atoms with Gasteiger partial charge in [0.2, 0.25) is 5.91 Å². The van der Waals surface area contributed by atoms with E-state index in [2.05, 4.69) is 10.4 Å². The molecule has 1 aromatic heterocycles. The Morgan fingerprint density at radius 3 is 3.05 bits per heavy atom. The molecule has 1 aliphatic heterocycles. The number of phenolic OH excluding ortho intramolecular Hbond substituents is 1. The monoisotopic (exact) mass is 273 g/mol. The van der Waals surface area contributed by atoms with Gasteiger partial charge in [-0.3, -0.25) is 9.48 Å². The van der Waals surface area contributed by atoms with Crippen LogP contribution in [0.25, 0.3) is 0 Å². The second kappa shape index (κ2) is 4.56. The van der Waals surface area contributed by atoms with Crippen molar-refractivity contribution < 1.29 is 14.6 Å². The average molecular weight is 273 g/mol. The number of amides is 1. The van der Waals surface area contributed by atoms with Crippen molar-refractivity contribution >= 4 is 11.7 Å². The number of anilines is 1. The minimum Gasteiger partial charge on any atom is -0.504 e. The first-order valence-corrected chi connectivity index (χ1v) is 6.28. The molecule has 0 spiro atoms. The lowest BCUT2D eigenvalue weighted by atomic mass is 9.87. The fourth-order valence-corrected chi connectivity index (χ4v) is 2.55. The third-order valence-electron chi connectivity index (χ3n) is 3.60. The highest BCUT2D eigenvalue weighted by Crippen LogP contribution is 2.39. The number of fused-ring (bicyclic) bond motifs is 1. The normalized spacial score (nSPS) is 17.5. The number of hydrogen-bond acceptors (Lipinski definition) is 4. The van der Waals surface area contributed by atoms with Crippen molar-refractivity contribution in [2.24, 2.45) is 7.05 Å². The van der Waals surface area contributed by atoms with Gasteiger partial charge in [0.15, 0.2) is 11.5 Å². The maximum Gasteiger partial charge on any atom is 0.226 e. The van der Waals surface area contributed by atoms with Gasteiger partial charge in [-0.2, -0.15) is 5.10 Å². The molecule has 0 bridgehead atoms. The Morgan fingerprint density at radius 1 is 1.50 bits per heavy atom. The number of methoxy groups -OCH3 is 1. The molecule has 20 heavy (non-hydrogen) atoms. The van der Waals surface area contributed by atoms with E-state index in [-0.39, 0.29) is 17.6 Å². The molecule has 1 aromatic carbocycles. The van der Waals surface area contributed by atoms with E-state index in [0.717, 1.165) is 16.9 Å². The van der Waals surface area contributed by atoms with Gasteiger partial charge in [0, 0.05) is 24.9 Å². The summed E-state index contributed by atoms with van der Waals surface area (Å²) in [5.74, 6) is 1.08. The molecule has 0 aliphatic carbocycles. The second-order valence-corrected chi connectivity index (χ2v) is 4.81. The molecule has 6 heteroatoms. The Bertz CT molecular complexity index is 678.